The molecule has 0 saturated heterocycles. The quantitative estimate of drug-likeness (QED) is 0.774. The first kappa shape index (κ1) is 22.8. The third-order valence-electron chi connectivity index (χ3n) is 4.96. The minimum absolute atomic E-state index is 0.0355. The Labute approximate surface area is 174 Å². The maximum absolute atomic E-state index is 12.7. The molecule has 2 amide bonds. The first-order chi connectivity index (χ1) is 13.4. The van der Waals surface area contributed by atoms with Gasteiger partial charge < -0.3 is 24.2 Å². The molecule has 7 heteroatoms. The van der Waals surface area contributed by atoms with Gasteiger partial charge in [0.05, 0.1) is 13.0 Å². The number of fused-ring (bicyclic) bond motifs is 1. The number of benzene rings is 1. The van der Waals surface area contributed by atoms with Gasteiger partial charge in [0, 0.05) is 51.9 Å². The first-order valence-corrected chi connectivity index (χ1v) is 10.0. The molecular weight excluding hydrogens is 370 g/mol. The Morgan fingerprint density at radius 1 is 1.28 bits per heavy atom. The van der Waals surface area contributed by atoms with E-state index in [1.807, 2.05) is 71.9 Å². The number of carbonyl (C=O) groups excluding carboxylic acids is 2. The summed E-state index contributed by atoms with van der Waals surface area (Å²) in [4.78, 5) is 30.4. The summed E-state index contributed by atoms with van der Waals surface area (Å²) in [7, 11) is 7.45. The zero-order chi connectivity index (χ0) is 21.9. The Hall–Kier alpha value is -2.44. The standard InChI is InChI=1S/C22H35N3O4/c1-15-13-24(7)20(26)12-16-11-17(23(5)6)9-10-18(16)28-19(15)14-25(8)21(27)29-22(2,3)4/h9-11,15,19H,12-14H2,1-8H3/t15-,19-/m1/s1. The summed E-state index contributed by atoms with van der Waals surface area (Å²) in [5.74, 6) is 0.778. The molecule has 0 saturated carbocycles. The predicted octanol–water partition coefficient (Wildman–Crippen LogP) is 3.02. The molecule has 1 aromatic rings. The van der Waals surface area contributed by atoms with Crippen LogP contribution < -0.4 is 9.64 Å². The second kappa shape index (κ2) is 8.93. The van der Waals surface area contributed by atoms with Gasteiger partial charge >= 0.3 is 6.09 Å². The Kier molecular flexibility index (Phi) is 7.03. The number of rotatable bonds is 3. The Morgan fingerprint density at radius 3 is 2.52 bits per heavy atom. The first-order valence-electron chi connectivity index (χ1n) is 10.0. The highest BCUT2D eigenvalue weighted by Gasteiger charge is 2.30. The van der Waals surface area contributed by atoms with Crippen LogP contribution in [0.4, 0.5) is 10.5 Å². The molecule has 0 aromatic heterocycles. The van der Waals surface area contributed by atoms with E-state index in [1.165, 1.54) is 0 Å². The van der Waals surface area contributed by atoms with Crippen molar-refractivity contribution in [1.82, 2.24) is 9.80 Å². The fraction of sp³-hybridized carbons (Fsp3) is 0.636. The number of hydrogen-bond donors (Lipinski definition) is 0. The summed E-state index contributed by atoms with van der Waals surface area (Å²) < 4.78 is 11.8. The lowest BCUT2D eigenvalue weighted by Gasteiger charge is -2.32. The van der Waals surface area contributed by atoms with Crippen LogP contribution in [0, 0.1) is 5.92 Å². The van der Waals surface area contributed by atoms with Crippen molar-refractivity contribution >= 4 is 17.7 Å². The van der Waals surface area contributed by atoms with Crippen molar-refractivity contribution in [2.75, 3.05) is 46.2 Å². The molecule has 0 spiro atoms. The Bertz CT molecular complexity index is 742. The van der Waals surface area contributed by atoms with Crippen LogP contribution >= 0.6 is 0 Å². The zero-order valence-electron chi connectivity index (χ0n) is 19.0. The minimum atomic E-state index is -0.557. The molecule has 2 atom stereocenters. The van der Waals surface area contributed by atoms with E-state index in [9.17, 15) is 9.59 Å². The van der Waals surface area contributed by atoms with Gasteiger partial charge in [-0.2, -0.15) is 0 Å². The summed E-state index contributed by atoms with van der Waals surface area (Å²) in [5, 5.41) is 0. The van der Waals surface area contributed by atoms with Crippen molar-refractivity contribution in [3.63, 3.8) is 0 Å². The van der Waals surface area contributed by atoms with Crippen molar-refractivity contribution in [2.45, 2.75) is 45.8 Å². The number of carbonyl (C=O) groups is 2. The van der Waals surface area contributed by atoms with Crippen molar-refractivity contribution in [3.05, 3.63) is 23.8 Å². The Morgan fingerprint density at radius 2 is 1.93 bits per heavy atom. The lowest BCUT2D eigenvalue weighted by Crippen LogP contribution is -2.45. The lowest BCUT2D eigenvalue weighted by molar-refractivity contribution is -0.129. The molecule has 1 aromatic carbocycles. The minimum Gasteiger partial charge on any atom is -0.488 e. The highest BCUT2D eigenvalue weighted by molar-refractivity contribution is 5.80. The topological polar surface area (TPSA) is 62.3 Å². The van der Waals surface area contributed by atoms with Crippen LogP contribution in [0.25, 0.3) is 0 Å². The number of likely N-dealkylation sites (N-methyl/N-ethyl adjacent to an activating group) is 2. The number of ether oxygens (including phenoxy) is 2. The average Bonchev–Trinajstić information content (AvgIpc) is 2.63. The maximum Gasteiger partial charge on any atom is 0.410 e. The average molecular weight is 406 g/mol. The van der Waals surface area contributed by atoms with Gasteiger partial charge in [-0.15, -0.1) is 0 Å². The highest BCUT2D eigenvalue weighted by Crippen LogP contribution is 2.29. The third kappa shape index (κ3) is 6.27. The predicted molar refractivity (Wildman–Crippen MR) is 115 cm³/mol. The number of amides is 2. The molecule has 0 unspecified atom stereocenters. The summed E-state index contributed by atoms with van der Waals surface area (Å²) in [5.41, 5.74) is 1.31. The summed E-state index contributed by atoms with van der Waals surface area (Å²) in [6.45, 7) is 8.49. The van der Waals surface area contributed by atoms with Crippen LogP contribution in [-0.2, 0) is 16.0 Å². The molecule has 29 heavy (non-hydrogen) atoms. The number of hydrogen-bond acceptors (Lipinski definition) is 5. The lowest BCUT2D eigenvalue weighted by atomic mass is 10.0. The van der Waals surface area contributed by atoms with Gasteiger partial charge in [0.2, 0.25) is 5.91 Å². The number of nitrogens with zero attached hydrogens (tertiary/aromatic N) is 3. The van der Waals surface area contributed by atoms with Crippen LogP contribution in [0.2, 0.25) is 0 Å². The van der Waals surface area contributed by atoms with Gasteiger partial charge in [-0.1, -0.05) is 6.92 Å². The molecule has 2 rings (SSSR count). The normalized spacial score (nSPS) is 20.0. The smallest absolute Gasteiger partial charge is 0.410 e. The van der Waals surface area contributed by atoms with Gasteiger partial charge in [0.25, 0.3) is 0 Å². The van der Waals surface area contributed by atoms with Gasteiger partial charge in [-0.25, -0.2) is 4.79 Å². The van der Waals surface area contributed by atoms with E-state index in [1.54, 1.807) is 16.8 Å². The molecular formula is C22H35N3O4. The second-order valence-electron chi connectivity index (χ2n) is 9.13. The van der Waals surface area contributed by atoms with Gasteiger partial charge in [-0.3, -0.25) is 4.79 Å². The zero-order valence-corrected chi connectivity index (χ0v) is 19.0. The SMILES string of the molecule is C[C@@H]1CN(C)C(=O)Cc2cc(N(C)C)ccc2O[C@@H]1CN(C)C(=O)OC(C)(C)C. The van der Waals surface area contributed by atoms with Crippen molar-refractivity contribution in [1.29, 1.82) is 0 Å². The molecule has 7 nitrogen and oxygen atoms in total. The van der Waals surface area contributed by atoms with Crippen LogP contribution in [0.5, 0.6) is 5.75 Å². The van der Waals surface area contributed by atoms with E-state index in [0.717, 1.165) is 11.3 Å². The van der Waals surface area contributed by atoms with Crippen LogP contribution in [0.15, 0.2) is 18.2 Å². The second-order valence-corrected chi connectivity index (χ2v) is 9.13. The molecule has 0 fully saturated rings. The molecule has 0 bridgehead atoms. The van der Waals surface area contributed by atoms with Crippen LogP contribution in [0.3, 0.4) is 0 Å². The van der Waals surface area contributed by atoms with Crippen molar-refractivity contribution < 1.29 is 19.1 Å². The fourth-order valence-corrected chi connectivity index (χ4v) is 3.23. The van der Waals surface area contributed by atoms with Gasteiger partial charge in [-0.05, 0) is 39.0 Å². The van der Waals surface area contributed by atoms with E-state index < -0.39 is 5.60 Å². The summed E-state index contributed by atoms with van der Waals surface area (Å²) in [6.07, 6.45) is -0.375. The van der Waals surface area contributed by atoms with Gasteiger partial charge in [0.1, 0.15) is 17.5 Å². The molecule has 0 aliphatic carbocycles. The van der Waals surface area contributed by atoms with E-state index in [2.05, 4.69) is 0 Å². The maximum atomic E-state index is 12.7. The molecule has 0 N–H and O–H groups in total. The van der Waals surface area contributed by atoms with Crippen molar-refractivity contribution in [2.24, 2.45) is 5.92 Å². The van der Waals surface area contributed by atoms with Crippen LogP contribution in [-0.4, -0.2) is 74.8 Å². The molecule has 1 aliphatic heterocycles. The highest BCUT2D eigenvalue weighted by atomic mass is 16.6. The fourth-order valence-electron chi connectivity index (χ4n) is 3.23. The van der Waals surface area contributed by atoms with Gasteiger partial charge in [0.15, 0.2) is 0 Å². The van der Waals surface area contributed by atoms with Crippen LogP contribution in [0.1, 0.15) is 33.3 Å². The van der Waals surface area contributed by atoms with E-state index in [4.69, 9.17) is 9.47 Å². The third-order valence-corrected chi connectivity index (χ3v) is 4.96. The summed E-state index contributed by atoms with van der Waals surface area (Å²) in [6, 6.07) is 5.88. The molecule has 1 aliphatic rings. The largest absolute Gasteiger partial charge is 0.488 e. The Balaban J connectivity index is 2.30. The molecule has 1 heterocycles. The van der Waals surface area contributed by atoms with E-state index in [-0.39, 0.29) is 30.4 Å². The summed E-state index contributed by atoms with van der Waals surface area (Å²) >= 11 is 0. The van der Waals surface area contributed by atoms with Crippen molar-refractivity contribution in [3.8, 4) is 5.75 Å². The van der Waals surface area contributed by atoms with E-state index in [0.29, 0.717) is 18.8 Å². The van der Waals surface area contributed by atoms with E-state index >= 15 is 0 Å². The molecule has 162 valence electrons. The monoisotopic (exact) mass is 405 g/mol. The molecule has 0 radical (unpaired) electrons. The number of anilines is 1.